The maximum Gasteiger partial charge on any atom is 0.244 e. The third kappa shape index (κ3) is 2.87. The van der Waals surface area contributed by atoms with Gasteiger partial charge in [-0.25, -0.2) is 13.1 Å². The van der Waals surface area contributed by atoms with E-state index in [1.54, 1.807) is 18.5 Å². The fourth-order valence-electron chi connectivity index (χ4n) is 1.78. The van der Waals surface area contributed by atoms with Gasteiger partial charge in [0.05, 0.1) is 11.4 Å². The molecule has 1 aromatic rings. The van der Waals surface area contributed by atoms with E-state index in [0.29, 0.717) is 22.8 Å². The molecule has 1 rings (SSSR count). The number of aryl methyl sites for hydroxylation is 2. The van der Waals surface area contributed by atoms with Crippen molar-refractivity contribution in [3.8, 4) is 0 Å². The van der Waals surface area contributed by atoms with Gasteiger partial charge in [-0.2, -0.15) is 5.10 Å². The summed E-state index contributed by atoms with van der Waals surface area (Å²) in [6, 6.07) is -0.0659. The quantitative estimate of drug-likeness (QED) is 0.873. The Hall–Kier alpha value is -0.880. The Morgan fingerprint density at radius 3 is 2.35 bits per heavy atom. The highest BCUT2D eigenvalue weighted by Gasteiger charge is 2.25. The van der Waals surface area contributed by atoms with Gasteiger partial charge in [-0.3, -0.25) is 4.68 Å². The Kier molecular flexibility index (Phi) is 4.32. The summed E-state index contributed by atoms with van der Waals surface area (Å²) in [5, 5.41) is 4.23. The van der Waals surface area contributed by atoms with Crippen LogP contribution in [0.15, 0.2) is 4.90 Å². The van der Waals surface area contributed by atoms with Crippen LogP contribution in [0.2, 0.25) is 0 Å². The summed E-state index contributed by atoms with van der Waals surface area (Å²) >= 11 is 0. The predicted molar refractivity (Wildman–Crippen MR) is 67.4 cm³/mol. The molecule has 0 aliphatic carbocycles. The van der Waals surface area contributed by atoms with Gasteiger partial charge in [0.25, 0.3) is 0 Å². The molecule has 1 unspecified atom stereocenters. The average molecular weight is 259 g/mol. The topological polar surface area (TPSA) is 64.0 Å². The van der Waals surface area contributed by atoms with Crippen LogP contribution in [0.3, 0.4) is 0 Å². The van der Waals surface area contributed by atoms with E-state index in [9.17, 15) is 8.42 Å². The van der Waals surface area contributed by atoms with Crippen LogP contribution >= 0.6 is 0 Å². The van der Waals surface area contributed by atoms with Crippen molar-refractivity contribution in [3.05, 3.63) is 11.4 Å². The summed E-state index contributed by atoms with van der Waals surface area (Å²) in [7, 11) is -3.46. The van der Waals surface area contributed by atoms with Crippen molar-refractivity contribution in [2.45, 2.75) is 58.5 Å². The molecule has 5 nitrogen and oxygen atoms in total. The Balaban J connectivity index is 3.20. The summed E-state index contributed by atoms with van der Waals surface area (Å²) in [5.74, 6) is 0. The Labute approximate surface area is 103 Å². The molecule has 1 atom stereocenters. The third-order valence-corrected chi connectivity index (χ3v) is 4.69. The van der Waals surface area contributed by atoms with Crippen molar-refractivity contribution in [2.24, 2.45) is 0 Å². The largest absolute Gasteiger partial charge is 0.268 e. The smallest absolute Gasteiger partial charge is 0.244 e. The fourth-order valence-corrected chi connectivity index (χ4v) is 3.52. The maximum atomic E-state index is 12.2. The molecule has 6 heteroatoms. The number of rotatable bonds is 5. The summed E-state index contributed by atoms with van der Waals surface area (Å²) < 4.78 is 28.8. The molecule has 0 spiro atoms. The number of sulfonamides is 1. The van der Waals surface area contributed by atoms with Crippen molar-refractivity contribution in [3.63, 3.8) is 0 Å². The Morgan fingerprint density at radius 1 is 1.35 bits per heavy atom. The lowest BCUT2D eigenvalue weighted by atomic mass is 10.3. The molecule has 0 aromatic carbocycles. The average Bonchev–Trinajstić information content (AvgIpc) is 2.53. The molecule has 0 radical (unpaired) electrons. The monoisotopic (exact) mass is 259 g/mol. The van der Waals surface area contributed by atoms with E-state index in [4.69, 9.17) is 0 Å². The van der Waals surface area contributed by atoms with Crippen LogP contribution in [0, 0.1) is 13.8 Å². The number of aromatic nitrogens is 2. The molecule has 0 aliphatic rings. The molecule has 0 amide bonds. The number of nitrogens with one attached hydrogen (secondary N) is 1. The molecule has 0 saturated carbocycles. The van der Waals surface area contributed by atoms with Gasteiger partial charge >= 0.3 is 0 Å². The minimum atomic E-state index is -3.46. The number of nitrogens with zero attached hydrogens (tertiary/aromatic N) is 2. The molecule has 17 heavy (non-hydrogen) atoms. The molecular formula is C11H21N3O2S. The molecule has 0 saturated heterocycles. The van der Waals surface area contributed by atoms with Crippen LogP contribution in [0.25, 0.3) is 0 Å². The fraction of sp³-hybridized carbons (Fsp3) is 0.727. The van der Waals surface area contributed by atoms with E-state index >= 15 is 0 Å². The summed E-state index contributed by atoms with van der Waals surface area (Å²) in [4.78, 5) is 0.319. The SMILES string of the molecule is CCC(C)NS(=O)(=O)c1c(C)nn(CC)c1C. The van der Waals surface area contributed by atoms with Gasteiger partial charge in [-0.05, 0) is 34.1 Å². The van der Waals surface area contributed by atoms with Gasteiger partial charge in [0.15, 0.2) is 0 Å². The van der Waals surface area contributed by atoms with Gasteiger partial charge in [-0.1, -0.05) is 6.92 Å². The molecule has 0 bridgehead atoms. The second kappa shape index (κ2) is 5.18. The Morgan fingerprint density at radius 2 is 1.94 bits per heavy atom. The normalized spacial score (nSPS) is 13.9. The van der Waals surface area contributed by atoms with Crippen LogP contribution < -0.4 is 4.72 Å². The summed E-state index contributed by atoms with van der Waals surface area (Å²) in [5.41, 5.74) is 1.25. The lowest BCUT2D eigenvalue weighted by molar-refractivity contribution is 0.554. The van der Waals surface area contributed by atoms with E-state index in [-0.39, 0.29) is 6.04 Å². The van der Waals surface area contributed by atoms with Crippen molar-refractivity contribution in [1.82, 2.24) is 14.5 Å². The van der Waals surface area contributed by atoms with Crippen LogP contribution in [-0.4, -0.2) is 24.2 Å². The number of hydrogen-bond acceptors (Lipinski definition) is 3. The maximum absolute atomic E-state index is 12.2. The van der Waals surface area contributed by atoms with Gasteiger partial charge in [0, 0.05) is 12.6 Å². The lowest BCUT2D eigenvalue weighted by Gasteiger charge is -2.12. The zero-order chi connectivity index (χ0) is 13.2. The minimum Gasteiger partial charge on any atom is -0.268 e. The van der Waals surface area contributed by atoms with Crippen molar-refractivity contribution < 1.29 is 8.42 Å². The Bertz CT molecular complexity index is 491. The van der Waals surface area contributed by atoms with Crippen molar-refractivity contribution >= 4 is 10.0 Å². The second-order valence-electron chi connectivity index (χ2n) is 4.25. The highest BCUT2D eigenvalue weighted by atomic mass is 32.2. The highest BCUT2D eigenvalue weighted by molar-refractivity contribution is 7.89. The second-order valence-corrected chi connectivity index (χ2v) is 5.90. The van der Waals surface area contributed by atoms with Crippen LogP contribution in [0.1, 0.15) is 38.6 Å². The van der Waals surface area contributed by atoms with Crippen molar-refractivity contribution in [1.29, 1.82) is 0 Å². The van der Waals surface area contributed by atoms with Crippen LogP contribution in [0.5, 0.6) is 0 Å². The van der Waals surface area contributed by atoms with Crippen molar-refractivity contribution in [2.75, 3.05) is 0 Å². The van der Waals surface area contributed by atoms with Crippen LogP contribution in [-0.2, 0) is 16.6 Å². The van der Waals surface area contributed by atoms with E-state index in [2.05, 4.69) is 9.82 Å². The summed E-state index contributed by atoms with van der Waals surface area (Å²) in [6.45, 7) is 9.93. The van der Waals surface area contributed by atoms with E-state index < -0.39 is 10.0 Å². The lowest BCUT2D eigenvalue weighted by Crippen LogP contribution is -2.32. The van der Waals surface area contributed by atoms with Gasteiger partial charge in [-0.15, -0.1) is 0 Å². The molecule has 1 heterocycles. The van der Waals surface area contributed by atoms with E-state index in [1.165, 1.54) is 0 Å². The standard InChI is InChI=1S/C11H21N3O2S/c1-6-8(3)13-17(15,16)11-9(4)12-14(7-2)10(11)5/h8,13H,6-7H2,1-5H3. The number of hydrogen-bond donors (Lipinski definition) is 1. The first kappa shape index (κ1) is 14.2. The zero-order valence-corrected chi connectivity index (χ0v) is 11.9. The first-order chi connectivity index (χ1) is 7.83. The van der Waals surface area contributed by atoms with E-state index in [1.807, 2.05) is 20.8 Å². The molecular weight excluding hydrogens is 238 g/mol. The summed E-state index contributed by atoms with van der Waals surface area (Å²) in [6.07, 6.45) is 0.763. The predicted octanol–water partition coefficient (Wildman–Crippen LogP) is 1.60. The third-order valence-electron chi connectivity index (χ3n) is 2.85. The first-order valence-corrected chi connectivity index (χ1v) is 7.38. The molecule has 0 aliphatic heterocycles. The molecule has 0 fully saturated rings. The molecule has 1 aromatic heterocycles. The molecule has 98 valence electrons. The van der Waals surface area contributed by atoms with Gasteiger partial charge in [0.1, 0.15) is 4.90 Å². The van der Waals surface area contributed by atoms with E-state index in [0.717, 1.165) is 6.42 Å². The molecule has 1 N–H and O–H groups in total. The minimum absolute atomic E-state index is 0.0659. The van der Waals surface area contributed by atoms with Crippen LogP contribution in [0.4, 0.5) is 0 Å². The van der Waals surface area contributed by atoms with Gasteiger partial charge < -0.3 is 0 Å². The van der Waals surface area contributed by atoms with Gasteiger partial charge in [0.2, 0.25) is 10.0 Å². The highest BCUT2D eigenvalue weighted by Crippen LogP contribution is 2.19. The first-order valence-electron chi connectivity index (χ1n) is 5.89. The zero-order valence-electron chi connectivity index (χ0n) is 11.1.